The highest BCUT2D eigenvalue weighted by molar-refractivity contribution is 6.78. The van der Waals surface area contributed by atoms with E-state index in [1.807, 2.05) is 38.1 Å². The Labute approximate surface area is 219 Å². The van der Waals surface area contributed by atoms with Crippen molar-refractivity contribution in [1.82, 2.24) is 5.32 Å². The van der Waals surface area contributed by atoms with Gasteiger partial charge in [-0.25, -0.2) is 4.79 Å². The van der Waals surface area contributed by atoms with Crippen molar-refractivity contribution >= 4 is 20.2 Å². The fourth-order valence-electron chi connectivity index (χ4n) is 4.85. The van der Waals surface area contributed by atoms with Crippen LogP contribution in [0.4, 0.5) is 0 Å². The zero-order valence-corrected chi connectivity index (χ0v) is 24.5. The first kappa shape index (κ1) is 31.6. The molecule has 7 heteroatoms. The Morgan fingerprint density at radius 1 is 1.03 bits per heavy atom. The van der Waals surface area contributed by atoms with E-state index in [-0.39, 0.29) is 18.4 Å². The molecule has 0 aliphatic heterocycles. The molecule has 3 atom stereocenters. The standard InChI is InChI=1S/C29H48N2O4Si/c1-10-18-34-27(32)17-14-25(31-29(33)28(30)23(9)11-2)19-24-12-15-26(16-13-24)35-36(20(3)4,21(5)6)22(7)8/h10,12-17,20-23,25,28H,1,11,18-19,30H2,2-9H3,(H,31,33)/b17-14+/t23-,25+,28+/m0/s1. The van der Waals surface area contributed by atoms with Crippen molar-refractivity contribution in [3.8, 4) is 5.75 Å². The van der Waals surface area contributed by atoms with Gasteiger partial charge < -0.3 is 20.2 Å². The van der Waals surface area contributed by atoms with Gasteiger partial charge in [0.2, 0.25) is 5.91 Å². The molecule has 0 spiro atoms. The van der Waals surface area contributed by atoms with Crippen LogP contribution in [0.25, 0.3) is 0 Å². The summed E-state index contributed by atoms with van der Waals surface area (Å²) in [4.78, 5) is 24.7. The third kappa shape index (κ3) is 8.93. The summed E-state index contributed by atoms with van der Waals surface area (Å²) in [6, 6.07) is 7.04. The molecule has 0 saturated carbocycles. The number of benzene rings is 1. The number of carbonyl (C=O) groups is 2. The summed E-state index contributed by atoms with van der Waals surface area (Å²) < 4.78 is 11.8. The van der Waals surface area contributed by atoms with Crippen molar-refractivity contribution in [1.29, 1.82) is 0 Å². The number of carbonyl (C=O) groups excluding carboxylic acids is 2. The van der Waals surface area contributed by atoms with Crippen LogP contribution in [-0.4, -0.2) is 38.9 Å². The van der Waals surface area contributed by atoms with Crippen molar-refractivity contribution in [2.24, 2.45) is 11.7 Å². The molecule has 1 aromatic carbocycles. The number of ether oxygens (including phenoxy) is 1. The first-order valence-electron chi connectivity index (χ1n) is 13.2. The molecular weight excluding hydrogens is 468 g/mol. The molecule has 0 saturated heterocycles. The zero-order chi connectivity index (χ0) is 27.5. The van der Waals surface area contributed by atoms with E-state index >= 15 is 0 Å². The number of nitrogens with two attached hydrogens (primary N) is 1. The second kappa shape index (κ2) is 15.0. The topological polar surface area (TPSA) is 90.6 Å². The maximum atomic E-state index is 12.7. The molecule has 0 heterocycles. The van der Waals surface area contributed by atoms with Gasteiger partial charge in [0.05, 0.1) is 12.1 Å². The summed E-state index contributed by atoms with van der Waals surface area (Å²) in [6.07, 6.45) is 5.82. The van der Waals surface area contributed by atoms with Crippen LogP contribution in [0.5, 0.6) is 5.75 Å². The molecule has 0 bridgehead atoms. The molecule has 6 nitrogen and oxygen atoms in total. The average molecular weight is 517 g/mol. The van der Waals surface area contributed by atoms with Crippen molar-refractivity contribution in [3.63, 3.8) is 0 Å². The lowest BCUT2D eigenvalue weighted by Crippen LogP contribution is -2.50. The maximum absolute atomic E-state index is 12.7. The number of hydrogen-bond acceptors (Lipinski definition) is 5. The van der Waals surface area contributed by atoms with Gasteiger partial charge in [-0.15, -0.1) is 0 Å². The summed E-state index contributed by atoms with van der Waals surface area (Å²) >= 11 is 0. The van der Waals surface area contributed by atoms with Crippen LogP contribution in [0.1, 0.15) is 67.4 Å². The molecule has 202 valence electrons. The SMILES string of the molecule is C=CCOC(=O)/C=C/[C@H](Cc1ccc(O[Si](C(C)C)(C(C)C)C(C)C)cc1)NC(=O)[C@H](N)[C@@H](C)CC. The minimum absolute atomic E-state index is 0.0518. The van der Waals surface area contributed by atoms with E-state index in [0.717, 1.165) is 17.7 Å². The van der Waals surface area contributed by atoms with E-state index in [0.29, 0.717) is 23.0 Å². The Hall–Kier alpha value is -2.38. The van der Waals surface area contributed by atoms with Crippen molar-refractivity contribution in [2.45, 2.75) is 96.9 Å². The molecule has 0 unspecified atom stereocenters. The van der Waals surface area contributed by atoms with Crippen LogP contribution in [0.2, 0.25) is 16.6 Å². The third-order valence-electron chi connectivity index (χ3n) is 7.08. The Balaban J connectivity index is 3.09. The van der Waals surface area contributed by atoms with E-state index in [2.05, 4.69) is 53.4 Å². The lowest BCUT2D eigenvalue weighted by Gasteiger charge is -2.42. The van der Waals surface area contributed by atoms with Crippen LogP contribution in [0.3, 0.4) is 0 Å². The number of nitrogens with one attached hydrogen (secondary N) is 1. The zero-order valence-electron chi connectivity index (χ0n) is 23.5. The molecule has 1 amide bonds. The molecule has 1 rings (SSSR count). The third-order valence-corrected chi connectivity index (χ3v) is 13.1. The average Bonchev–Trinajstić information content (AvgIpc) is 2.83. The van der Waals surface area contributed by atoms with Gasteiger partial charge in [-0.2, -0.15) is 0 Å². The van der Waals surface area contributed by atoms with E-state index in [1.54, 1.807) is 6.08 Å². The normalized spacial score (nSPS) is 14.7. The first-order chi connectivity index (χ1) is 16.9. The van der Waals surface area contributed by atoms with Crippen molar-refractivity contribution in [3.05, 3.63) is 54.6 Å². The Morgan fingerprint density at radius 2 is 1.58 bits per heavy atom. The quantitative estimate of drug-likeness (QED) is 0.131. The smallest absolute Gasteiger partial charge is 0.330 e. The number of amides is 1. The van der Waals surface area contributed by atoms with Gasteiger partial charge >= 0.3 is 5.97 Å². The lowest BCUT2D eigenvalue weighted by molar-refractivity contribution is -0.136. The molecule has 1 aromatic rings. The monoisotopic (exact) mass is 516 g/mol. The summed E-state index contributed by atoms with van der Waals surface area (Å²) in [5.74, 6) is 0.210. The predicted octanol–water partition coefficient (Wildman–Crippen LogP) is 5.93. The fraction of sp³-hybridized carbons (Fsp3) is 0.586. The largest absolute Gasteiger partial charge is 0.543 e. The van der Waals surface area contributed by atoms with Crippen LogP contribution in [0, 0.1) is 5.92 Å². The van der Waals surface area contributed by atoms with Crippen LogP contribution >= 0.6 is 0 Å². The molecule has 0 fully saturated rings. The molecule has 3 N–H and O–H groups in total. The van der Waals surface area contributed by atoms with Crippen LogP contribution in [-0.2, 0) is 20.7 Å². The van der Waals surface area contributed by atoms with Gasteiger partial charge in [-0.1, -0.05) is 92.7 Å². The molecule has 36 heavy (non-hydrogen) atoms. The minimum Gasteiger partial charge on any atom is -0.543 e. The summed E-state index contributed by atoms with van der Waals surface area (Å²) in [5.41, 5.74) is 8.60. The second-order valence-corrected chi connectivity index (χ2v) is 15.9. The number of hydrogen-bond donors (Lipinski definition) is 2. The lowest BCUT2D eigenvalue weighted by atomic mass is 9.98. The molecule has 0 radical (unpaired) electrons. The van der Waals surface area contributed by atoms with Crippen molar-refractivity contribution in [2.75, 3.05) is 6.61 Å². The van der Waals surface area contributed by atoms with Gasteiger partial charge in [-0.05, 0) is 46.7 Å². The van der Waals surface area contributed by atoms with E-state index < -0.39 is 26.4 Å². The Morgan fingerprint density at radius 3 is 2.06 bits per heavy atom. The highest BCUT2D eigenvalue weighted by Gasteiger charge is 2.46. The molecular formula is C29H48N2O4Si. The Bertz CT molecular complexity index is 843. The second-order valence-electron chi connectivity index (χ2n) is 10.6. The highest BCUT2D eigenvalue weighted by Crippen LogP contribution is 2.42. The summed E-state index contributed by atoms with van der Waals surface area (Å²) in [7, 11) is -2.04. The molecule has 0 aliphatic carbocycles. The van der Waals surface area contributed by atoms with E-state index in [9.17, 15) is 9.59 Å². The fourth-order valence-corrected chi connectivity index (χ4v) is 10.1. The summed E-state index contributed by atoms with van der Waals surface area (Å²) in [6.45, 7) is 21.2. The maximum Gasteiger partial charge on any atom is 0.330 e. The minimum atomic E-state index is -2.04. The van der Waals surface area contributed by atoms with Crippen LogP contribution < -0.4 is 15.5 Å². The van der Waals surface area contributed by atoms with Gasteiger partial charge in [0, 0.05) is 6.08 Å². The predicted molar refractivity (Wildman–Crippen MR) is 151 cm³/mol. The first-order valence-corrected chi connectivity index (χ1v) is 15.3. The number of rotatable bonds is 15. The molecule has 0 aliphatic rings. The molecule has 0 aromatic heterocycles. The van der Waals surface area contributed by atoms with Gasteiger partial charge in [-0.3, -0.25) is 4.79 Å². The summed E-state index contributed by atoms with van der Waals surface area (Å²) in [5, 5.41) is 2.99. The van der Waals surface area contributed by atoms with Crippen molar-refractivity contribution < 1.29 is 18.8 Å². The number of esters is 1. The Kier molecular flexibility index (Phi) is 13.2. The van der Waals surface area contributed by atoms with E-state index in [1.165, 1.54) is 12.2 Å². The van der Waals surface area contributed by atoms with Gasteiger partial charge in [0.15, 0.2) is 0 Å². The van der Waals surface area contributed by atoms with Gasteiger partial charge in [0.1, 0.15) is 12.4 Å². The van der Waals surface area contributed by atoms with E-state index in [4.69, 9.17) is 14.9 Å². The van der Waals surface area contributed by atoms with Crippen LogP contribution in [0.15, 0.2) is 49.1 Å². The highest BCUT2D eigenvalue weighted by atomic mass is 28.4. The van der Waals surface area contributed by atoms with Gasteiger partial charge in [0.25, 0.3) is 8.32 Å².